The van der Waals surface area contributed by atoms with E-state index in [0.29, 0.717) is 23.4 Å². The van der Waals surface area contributed by atoms with Crippen LogP contribution in [0.5, 0.6) is 11.6 Å². The molecule has 0 amide bonds. The van der Waals surface area contributed by atoms with Crippen molar-refractivity contribution in [1.82, 2.24) is 9.55 Å². The third-order valence-corrected chi connectivity index (χ3v) is 3.89. The van der Waals surface area contributed by atoms with E-state index in [4.69, 9.17) is 10.00 Å². The lowest BCUT2D eigenvalue weighted by atomic mass is 10.1. The van der Waals surface area contributed by atoms with Crippen LogP contribution < -0.4 is 16.0 Å². The van der Waals surface area contributed by atoms with Crippen molar-refractivity contribution in [2.24, 2.45) is 0 Å². The first kappa shape index (κ1) is 18.5. The molecule has 6 heteroatoms. The first-order chi connectivity index (χ1) is 11.9. The molecule has 1 N–H and O–H groups in total. The number of aromatic nitrogens is 2. The van der Waals surface area contributed by atoms with Crippen molar-refractivity contribution in [2.45, 2.75) is 53.0 Å². The Labute approximate surface area is 146 Å². The lowest BCUT2D eigenvalue weighted by Gasteiger charge is -2.18. The van der Waals surface area contributed by atoms with Gasteiger partial charge in [0, 0.05) is 6.54 Å². The fourth-order valence-corrected chi connectivity index (χ4v) is 2.69. The fourth-order valence-electron chi connectivity index (χ4n) is 2.69. The largest absolute Gasteiger partial charge is 0.440 e. The SMILES string of the molecule is CCCCn1c(Oc2cc(C)cc(C#N)c2)c(C(C)C)c(=O)[nH]c1=O. The maximum atomic E-state index is 12.3. The average Bonchev–Trinajstić information content (AvgIpc) is 2.53. The number of nitrogens with zero attached hydrogens (tertiary/aromatic N) is 2. The molecule has 0 saturated heterocycles. The van der Waals surface area contributed by atoms with Crippen LogP contribution in [-0.4, -0.2) is 9.55 Å². The van der Waals surface area contributed by atoms with E-state index in [1.807, 2.05) is 27.7 Å². The minimum absolute atomic E-state index is 0.118. The standard InChI is InChI=1S/C19H23N3O3/c1-5-6-7-22-18(16(12(2)3)17(23)21-19(22)24)25-15-9-13(4)8-14(10-15)11-20/h8-10,12H,5-7H2,1-4H3,(H,21,23,24). The van der Waals surface area contributed by atoms with Crippen LogP contribution in [0.1, 0.15) is 56.2 Å². The minimum atomic E-state index is -0.481. The van der Waals surface area contributed by atoms with Gasteiger partial charge in [0.15, 0.2) is 0 Å². The number of benzene rings is 1. The molecule has 0 aliphatic rings. The molecule has 0 unspecified atom stereocenters. The van der Waals surface area contributed by atoms with Gasteiger partial charge in [0.2, 0.25) is 5.88 Å². The third kappa shape index (κ3) is 4.18. The monoisotopic (exact) mass is 341 g/mol. The molecule has 25 heavy (non-hydrogen) atoms. The molecule has 0 bridgehead atoms. The van der Waals surface area contributed by atoms with Crippen LogP contribution in [0.15, 0.2) is 27.8 Å². The quantitative estimate of drug-likeness (QED) is 0.872. The van der Waals surface area contributed by atoms with E-state index in [2.05, 4.69) is 11.1 Å². The highest BCUT2D eigenvalue weighted by Gasteiger charge is 2.20. The van der Waals surface area contributed by atoms with Crippen LogP contribution in [0.2, 0.25) is 0 Å². The molecular formula is C19H23N3O3. The molecule has 1 aromatic heterocycles. The van der Waals surface area contributed by atoms with Gasteiger partial charge in [-0.25, -0.2) is 4.79 Å². The molecule has 0 atom stereocenters. The van der Waals surface area contributed by atoms with Crippen molar-refractivity contribution in [2.75, 3.05) is 0 Å². The maximum absolute atomic E-state index is 12.3. The van der Waals surface area contributed by atoms with E-state index < -0.39 is 11.2 Å². The second-order valence-electron chi connectivity index (χ2n) is 6.39. The summed E-state index contributed by atoms with van der Waals surface area (Å²) in [6, 6.07) is 7.22. The van der Waals surface area contributed by atoms with Crippen LogP contribution in [0.25, 0.3) is 0 Å². The van der Waals surface area contributed by atoms with Crippen LogP contribution >= 0.6 is 0 Å². The Bertz CT molecular complexity index is 917. The zero-order valence-electron chi connectivity index (χ0n) is 15.0. The highest BCUT2D eigenvalue weighted by molar-refractivity contribution is 5.42. The second kappa shape index (κ2) is 7.84. The maximum Gasteiger partial charge on any atom is 0.331 e. The lowest BCUT2D eigenvalue weighted by molar-refractivity contribution is 0.397. The zero-order chi connectivity index (χ0) is 18.6. The normalized spacial score (nSPS) is 10.7. The number of H-pyrrole nitrogens is 1. The molecule has 0 fully saturated rings. The summed E-state index contributed by atoms with van der Waals surface area (Å²) in [5, 5.41) is 9.14. The molecule has 0 aliphatic heterocycles. The predicted molar refractivity (Wildman–Crippen MR) is 96.3 cm³/mol. The summed E-state index contributed by atoms with van der Waals surface area (Å²) in [4.78, 5) is 27.0. The van der Waals surface area contributed by atoms with Crippen molar-refractivity contribution < 1.29 is 4.74 Å². The second-order valence-corrected chi connectivity index (χ2v) is 6.39. The van der Waals surface area contributed by atoms with Gasteiger partial charge >= 0.3 is 5.69 Å². The van der Waals surface area contributed by atoms with E-state index in [1.54, 1.807) is 18.2 Å². The molecular weight excluding hydrogens is 318 g/mol. The molecule has 2 rings (SSSR count). The number of ether oxygens (including phenoxy) is 1. The first-order valence-corrected chi connectivity index (χ1v) is 8.44. The van der Waals surface area contributed by atoms with Crippen LogP contribution in [0, 0.1) is 18.3 Å². The molecule has 0 spiro atoms. The fraction of sp³-hybridized carbons (Fsp3) is 0.421. The Balaban J connectivity index is 2.65. The Hall–Kier alpha value is -2.81. The zero-order valence-corrected chi connectivity index (χ0v) is 15.0. The van der Waals surface area contributed by atoms with Gasteiger partial charge in [-0.3, -0.25) is 14.3 Å². The summed E-state index contributed by atoms with van der Waals surface area (Å²) >= 11 is 0. The minimum Gasteiger partial charge on any atom is -0.440 e. The predicted octanol–water partition coefficient (Wildman–Crippen LogP) is 3.43. The van der Waals surface area contributed by atoms with Gasteiger partial charge in [0.1, 0.15) is 5.75 Å². The Morgan fingerprint density at radius 3 is 2.60 bits per heavy atom. The molecule has 6 nitrogen and oxygen atoms in total. The van der Waals surface area contributed by atoms with Crippen molar-refractivity contribution in [3.05, 3.63) is 55.7 Å². The van der Waals surface area contributed by atoms with Crippen LogP contribution in [-0.2, 0) is 6.54 Å². The summed E-state index contributed by atoms with van der Waals surface area (Å²) in [5.74, 6) is 0.577. The van der Waals surface area contributed by atoms with Crippen LogP contribution in [0.3, 0.4) is 0 Å². The number of hydrogen-bond acceptors (Lipinski definition) is 4. The number of rotatable bonds is 6. The summed E-state index contributed by atoms with van der Waals surface area (Å²) in [6.07, 6.45) is 1.70. The Kier molecular flexibility index (Phi) is 5.81. The number of aryl methyl sites for hydroxylation is 1. The summed E-state index contributed by atoms with van der Waals surface area (Å²) in [5.41, 5.74) is 0.846. The van der Waals surface area contributed by atoms with Gasteiger partial charge in [-0.2, -0.15) is 5.26 Å². The van der Waals surface area contributed by atoms with E-state index >= 15 is 0 Å². The molecule has 1 aromatic carbocycles. The Morgan fingerprint density at radius 2 is 2.00 bits per heavy atom. The van der Waals surface area contributed by atoms with Gasteiger partial charge in [-0.15, -0.1) is 0 Å². The van der Waals surface area contributed by atoms with Crippen molar-refractivity contribution in [3.63, 3.8) is 0 Å². The van der Waals surface area contributed by atoms with Gasteiger partial charge in [0.25, 0.3) is 5.56 Å². The first-order valence-electron chi connectivity index (χ1n) is 8.44. The number of unbranched alkanes of at least 4 members (excludes halogenated alkanes) is 1. The van der Waals surface area contributed by atoms with E-state index in [-0.39, 0.29) is 11.8 Å². The number of nitriles is 1. The molecule has 2 aromatic rings. The van der Waals surface area contributed by atoms with Crippen molar-refractivity contribution >= 4 is 0 Å². The smallest absolute Gasteiger partial charge is 0.331 e. The number of aromatic amines is 1. The van der Waals surface area contributed by atoms with Crippen molar-refractivity contribution in [1.29, 1.82) is 5.26 Å². The van der Waals surface area contributed by atoms with Gasteiger partial charge in [-0.1, -0.05) is 27.2 Å². The molecule has 1 heterocycles. The van der Waals surface area contributed by atoms with Gasteiger partial charge < -0.3 is 4.74 Å². The summed E-state index contributed by atoms with van der Waals surface area (Å²) in [6.45, 7) is 8.10. The molecule has 132 valence electrons. The summed E-state index contributed by atoms with van der Waals surface area (Å²) < 4.78 is 7.44. The number of hydrogen-bond donors (Lipinski definition) is 1. The third-order valence-electron chi connectivity index (χ3n) is 3.89. The number of nitrogens with one attached hydrogen (secondary N) is 1. The van der Waals surface area contributed by atoms with Crippen LogP contribution in [0.4, 0.5) is 0 Å². The lowest BCUT2D eigenvalue weighted by Crippen LogP contribution is -2.34. The highest BCUT2D eigenvalue weighted by Crippen LogP contribution is 2.28. The van der Waals surface area contributed by atoms with Gasteiger partial charge in [0.05, 0.1) is 17.2 Å². The topological polar surface area (TPSA) is 87.9 Å². The molecule has 0 aliphatic carbocycles. The summed E-state index contributed by atoms with van der Waals surface area (Å²) in [7, 11) is 0. The molecule has 0 saturated carbocycles. The molecule has 0 radical (unpaired) electrons. The Morgan fingerprint density at radius 1 is 1.28 bits per heavy atom. The average molecular weight is 341 g/mol. The van der Waals surface area contributed by atoms with Gasteiger partial charge in [-0.05, 0) is 43.0 Å². The van der Waals surface area contributed by atoms with E-state index in [1.165, 1.54) is 4.57 Å². The van der Waals surface area contributed by atoms with E-state index in [9.17, 15) is 9.59 Å². The highest BCUT2D eigenvalue weighted by atomic mass is 16.5. The van der Waals surface area contributed by atoms with Crippen molar-refractivity contribution in [3.8, 4) is 17.7 Å². The van der Waals surface area contributed by atoms with E-state index in [0.717, 1.165) is 18.4 Å².